The predicted octanol–water partition coefficient (Wildman–Crippen LogP) is 6.68. The van der Waals surface area contributed by atoms with Crippen LogP contribution < -0.4 is 10.6 Å². The van der Waals surface area contributed by atoms with E-state index < -0.39 is 9.96 Å². The number of hydrogen-bond donors (Lipinski definition) is 2. The fourth-order valence-corrected chi connectivity index (χ4v) is 3.31. The third-order valence-electron chi connectivity index (χ3n) is 4.68. The molecular weight excluding hydrogens is 427 g/mol. The van der Waals surface area contributed by atoms with Crippen molar-refractivity contribution in [3.63, 3.8) is 0 Å². The molecule has 0 aliphatic heterocycles. The molecule has 152 valence electrons. The minimum atomic E-state index is -1.74. The average Bonchev–Trinajstić information content (AvgIpc) is 2.66. The van der Waals surface area contributed by atoms with E-state index in [1.807, 2.05) is 54.6 Å². The second-order valence-corrected chi connectivity index (χ2v) is 10.4. The fourth-order valence-electron chi connectivity index (χ4n) is 2.98. The minimum absolute atomic E-state index is 0.00670. The molecule has 0 aliphatic carbocycles. The SMILES string of the molecule is CC(C)(C)c1ccc(C(=O)N[C@H](Nc2ccc3ccccc3c2)C(Cl)(Cl)Cl)cc1. The van der Waals surface area contributed by atoms with Gasteiger partial charge >= 0.3 is 0 Å². The zero-order valence-corrected chi connectivity index (χ0v) is 18.7. The smallest absolute Gasteiger partial charge is 0.252 e. The van der Waals surface area contributed by atoms with E-state index in [2.05, 4.69) is 31.4 Å². The van der Waals surface area contributed by atoms with E-state index in [0.717, 1.165) is 22.0 Å². The van der Waals surface area contributed by atoms with Crippen LogP contribution in [0, 0.1) is 0 Å². The normalized spacial score (nSPS) is 13.2. The van der Waals surface area contributed by atoms with Gasteiger partial charge in [0.2, 0.25) is 3.79 Å². The van der Waals surface area contributed by atoms with Crippen molar-refractivity contribution >= 4 is 57.2 Å². The third-order valence-corrected chi connectivity index (χ3v) is 5.33. The molecule has 0 saturated heterocycles. The number of nitrogens with one attached hydrogen (secondary N) is 2. The van der Waals surface area contributed by atoms with Crippen LogP contribution in [0.2, 0.25) is 0 Å². The summed E-state index contributed by atoms with van der Waals surface area (Å²) in [6, 6.07) is 21.2. The Bertz CT molecular complexity index is 1010. The van der Waals surface area contributed by atoms with Crippen molar-refractivity contribution in [2.24, 2.45) is 0 Å². The van der Waals surface area contributed by atoms with Gasteiger partial charge in [0, 0.05) is 11.3 Å². The first kappa shape index (κ1) is 21.8. The molecule has 3 nitrogen and oxygen atoms in total. The molecule has 1 atom stereocenters. The molecular formula is C23H23Cl3N2O. The number of hydrogen-bond acceptors (Lipinski definition) is 2. The van der Waals surface area contributed by atoms with Crippen LogP contribution in [0.25, 0.3) is 10.8 Å². The van der Waals surface area contributed by atoms with Gasteiger partial charge in [-0.15, -0.1) is 0 Å². The van der Waals surface area contributed by atoms with Crippen LogP contribution in [0.15, 0.2) is 66.7 Å². The van der Waals surface area contributed by atoms with Gasteiger partial charge in [0.15, 0.2) is 0 Å². The molecule has 29 heavy (non-hydrogen) atoms. The number of alkyl halides is 3. The zero-order chi connectivity index (χ0) is 21.2. The molecule has 0 fully saturated rings. The van der Waals surface area contributed by atoms with Crippen LogP contribution in [0.1, 0.15) is 36.7 Å². The molecule has 0 heterocycles. The Balaban J connectivity index is 1.79. The number of rotatable bonds is 4. The van der Waals surface area contributed by atoms with Crippen molar-refractivity contribution in [1.82, 2.24) is 5.32 Å². The van der Waals surface area contributed by atoms with Gasteiger partial charge in [-0.1, -0.05) is 98.0 Å². The lowest BCUT2D eigenvalue weighted by molar-refractivity contribution is 0.0942. The first-order valence-electron chi connectivity index (χ1n) is 9.27. The maximum absolute atomic E-state index is 12.7. The molecule has 0 unspecified atom stereocenters. The molecule has 0 radical (unpaired) electrons. The minimum Gasteiger partial charge on any atom is -0.362 e. The second-order valence-electron chi connectivity index (χ2n) is 7.98. The highest BCUT2D eigenvalue weighted by Gasteiger charge is 2.34. The molecule has 0 bridgehead atoms. The molecule has 0 aliphatic rings. The Morgan fingerprint density at radius 3 is 2.07 bits per heavy atom. The summed E-state index contributed by atoms with van der Waals surface area (Å²) in [6.45, 7) is 6.36. The highest BCUT2D eigenvalue weighted by molar-refractivity contribution is 6.68. The summed E-state index contributed by atoms with van der Waals surface area (Å²) in [5.74, 6) is -0.324. The van der Waals surface area contributed by atoms with Crippen LogP contribution in [-0.4, -0.2) is 15.9 Å². The summed E-state index contributed by atoms with van der Waals surface area (Å²) in [4.78, 5) is 12.7. The average molecular weight is 450 g/mol. The number of carbonyl (C=O) groups is 1. The van der Waals surface area contributed by atoms with Gasteiger partial charge in [-0.05, 0) is 46.0 Å². The van der Waals surface area contributed by atoms with Gasteiger partial charge in [-0.2, -0.15) is 0 Å². The van der Waals surface area contributed by atoms with Gasteiger partial charge < -0.3 is 10.6 Å². The monoisotopic (exact) mass is 448 g/mol. The van der Waals surface area contributed by atoms with Crippen molar-refractivity contribution in [2.45, 2.75) is 36.1 Å². The predicted molar refractivity (Wildman–Crippen MR) is 124 cm³/mol. The maximum atomic E-state index is 12.7. The second kappa shape index (κ2) is 8.43. The fraction of sp³-hybridized carbons (Fsp3) is 0.261. The first-order valence-corrected chi connectivity index (χ1v) is 10.4. The van der Waals surface area contributed by atoms with Crippen molar-refractivity contribution in [2.75, 3.05) is 5.32 Å². The highest BCUT2D eigenvalue weighted by Crippen LogP contribution is 2.32. The lowest BCUT2D eigenvalue weighted by atomic mass is 9.87. The Labute approximate surface area is 186 Å². The van der Waals surface area contributed by atoms with E-state index in [9.17, 15) is 4.79 Å². The Morgan fingerprint density at radius 2 is 1.48 bits per heavy atom. The van der Waals surface area contributed by atoms with Crippen LogP contribution >= 0.6 is 34.8 Å². The van der Waals surface area contributed by atoms with Crippen LogP contribution in [0.4, 0.5) is 5.69 Å². The summed E-state index contributed by atoms with van der Waals surface area (Å²) in [6.07, 6.45) is -0.913. The molecule has 3 aromatic rings. The number of halogens is 3. The highest BCUT2D eigenvalue weighted by atomic mass is 35.6. The lowest BCUT2D eigenvalue weighted by Gasteiger charge is -2.27. The van der Waals surface area contributed by atoms with E-state index >= 15 is 0 Å². The van der Waals surface area contributed by atoms with Gasteiger partial charge in [0.05, 0.1) is 0 Å². The maximum Gasteiger partial charge on any atom is 0.252 e. The molecule has 6 heteroatoms. The molecule has 0 saturated carbocycles. The number of amides is 1. The van der Waals surface area contributed by atoms with E-state index in [0.29, 0.717) is 5.56 Å². The molecule has 0 spiro atoms. The standard InChI is InChI=1S/C23H23Cl3N2O/c1-22(2,3)18-11-8-16(9-12-18)20(29)28-21(23(24,25)26)27-19-13-10-15-6-4-5-7-17(15)14-19/h4-14,21,27H,1-3H3,(H,28,29)/t21-/m0/s1. The van der Waals surface area contributed by atoms with Crippen molar-refractivity contribution in [3.05, 3.63) is 77.9 Å². The first-order chi connectivity index (χ1) is 13.5. The summed E-state index contributed by atoms with van der Waals surface area (Å²) in [7, 11) is 0. The van der Waals surface area contributed by atoms with Gasteiger partial charge in [0.1, 0.15) is 6.17 Å². The van der Waals surface area contributed by atoms with Crippen LogP contribution in [0.3, 0.4) is 0 Å². The van der Waals surface area contributed by atoms with E-state index in [1.54, 1.807) is 12.1 Å². The zero-order valence-electron chi connectivity index (χ0n) is 16.5. The van der Waals surface area contributed by atoms with Crippen molar-refractivity contribution in [3.8, 4) is 0 Å². The summed E-state index contributed by atoms with van der Waals surface area (Å²) >= 11 is 18.4. The molecule has 1 amide bonds. The molecule has 0 aromatic heterocycles. The van der Waals surface area contributed by atoms with Crippen LogP contribution in [-0.2, 0) is 5.41 Å². The van der Waals surface area contributed by atoms with Gasteiger partial charge in [0.25, 0.3) is 5.91 Å². The Hall–Kier alpha value is -1.94. The Morgan fingerprint density at radius 1 is 0.862 bits per heavy atom. The number of anilines is 1. The van der Waals surface area contributed by atoms with E-state index in [4.69, 9.17) is 34.8 Å². The summed E-state index contributed by atoms with van der Waals surface area (Å²) in [5.41, 5.74) is 2.38. The topological polar surface area (TPSA) is 41.1 Å². The molecule has 3 rings (SSSR count). The van der Waals surface area contributed by atoms with Gasteiger partial charge in [-0.3, -0.25) is 4.79 Å². The quantitative estimate of drug-likeness (QED) is 0.345. The molecule has 3 aromatic carbocycles. The van der Waals surface area contributed by atoms with Gasteiger partial charge in [-0.25, -0.2) is 0 Å². The van der Waals surface area contributed by atoms with Crippen LogP contribution in [0.5, 0.6) is 0 Å². The summed E-state index contributed by atoms with van der Waals surface area (Å²) in [5, 5.41) is 8.05. The molecule has 2 N–H and O–H groups in total. The number of carbonyl (C=O) groups excluding carboxylic acids is 1. The third kappa shape index (κ3) is 5.57. The number of fused-ring (bicyclic) bond motifs is 1. The van der Waals surface area contributed by atoms with Crippen molar-refractivity contribution in [1.29, 1.82) is 0 Å². The van der Waals surface area contributed by atoms with E-state index in [-0.39, 0.29) is 11.3 Å². The lowest BCUT2D eigenvalue weighted by Crippen LogP contribution is -2.49. The Kier molecular flexibility index (Phi) is 6.33. The largest absolute Gasteiger partial charge is 0.362 e. The number of benzene rings is 3. The van der Waals surface area contributed by atoms with E-state index in [1.165, 1.54) is 0 Å². The summed E-state index contributed by atoms with van der Waals surface area (Å²) < 4.78 is -1.74. The van der Waals surface area contributed by atoms with Crippen molar-refractivity contribution < 1.29 is 4.79 Å².